The Kier molecular flexibility index (Phi) is 4.27. The number of carbonyl (C=O) groups excluding carboxylic acids is 1. The molecule has 0 aliphatic carbocycles. The molecule has 2 N–H and O–H groups in total. The number of thioether (sulfide) groups is 1. The number of anilines is 1. The highest BCUT2D eigenvalue weighted by Gasteiger charge is 2.23. The number of nitrogens with one attached hydrogen (secondary N) is 2. The molecule has 0 saturated heterocycles. The number of amides is 1. The molecule has 0 fully saturated rings. The van der Waals surface area contributed by atoms with E-state index in [0.717, 1.165) is 18.7 Å². The van der Waals surface area contributed by atoms with Crippen molar-refractivity contribution in [1.82, 2.24) is 5.32 Å². The first kappa shape index (κ1) is 14.2. The van der Waals surface area contributed by atoms with Gasteiger partial charge in [0, 0.05) is 17.1 Å². The van der Waals surface area contributed by atoms with E-state index in [-0.39, 0.29) is 11.9 Å². The largest absolute Gasteiger partial charge is 0.325 e. The molecule has 0 radical (unpaired) electrons. The lowest BCUT2D eigenvalue weighted by molar-refractivity contribution is -0.118. The van der Waals surface area contributed by atoms with Crippen LogP contribution in [0.4, 0.5) is 5.69 Å². The van der Waals surface area contributed by atoms with Gasteiger partial charge in [-0.15, -0.1) is 11.8 Å². The summed E-state index contributed by atoms with van der Waals surface area (Å²) in [5.74, 6) is 0.0291. The third-order valence-corrected chi connectivity index (χ3v) is 4.50. The number of carbonyl (C=O) groups is 1. The highest BCUT2D eigenvalue weighted by molar-refractivity contribution is 7.98. The number of hydrogen-bond donors (Lipinski definition) is 2. The summed E-state index contributed by atoms with van der Waals surface area (Å²) in [6, 6.07) is 16.0. The van der Waals surface area contributed by atoms with Crippen LogP contribution in [-0.2, 0) is 17.8 Å². The van der Waals surface area contributed by atoms with E-state index in [0.29, 0.717) is 0 Å². The SMILES string of the molecule is CSc1ccc(NC(=O)[C@@H]2Cc3ccccc3CN2)cc1. The fourth-order valence-corrected chi connectivity index (χ4v) is 2.95. The summed E-state index contributed by atoms with van der Waals surface area (Å²) < 4.78 is 0. The highest BCUT2D eigenvalue weighted by atomic mass is 32.2. The molecule has 2 aromatic carbocycles. The lowest BCUT2D eigenvalue weighted by atomic mass is 9.95. The van der Waals surface area contributed by atoms with Gasteiger partial charge in [0.05, 0.1) is 6.04 Å². The van der Waals surface area contributed by atoms with Gasteiger partial charge in [-0.25, -0.2) is 0 Å². The molecule has 2 aromatic rings. The lowest BCUT2D eigenvalue weighted by Crippen LogP contribution is -2.44. The van der Waals surface area contributed by atoms with E-state index < -0.39 is 0 Å². The Morgan fingerprint density at radius 3 is 2.57 bits per heavy atom. The molecule has 3 nitrogen and oxygen atoms in total. The Morgan fingerprint density at radius 2 is 1.86 bits per heavy atom. The van der Waals surface area contributed by atoms with Crippen LogP contribution in [0.1, 0.15) is 11.1 Å². The third kappa shape index (κ3) is 3.28. The van der Waals surface area contributed by atoms with Gasteiger partial charge in [0.2, 0.25) is 5.91 Å². The molecule has 1 heterocycles. The first-order valence-corrected chi connectivity index (χ1v) is 8.24. The number of hydrogen-bond acceptors (Lipinski definition) is 3. The van der Waals surface area contributed by atoms with Crippen molar-refractivity contribution >= 4 is 23.4 Å². The minimum Gasteiger partial charge on any atom is -0.325 e. The average Bonchev–Trinajstić information content (AvgIpc) is 2.55. The second-order valence-corrected chi connectivity index (χ2v) is 6.00. The van der Waals surface area contributed by atoms with Gasteiger partial charge in [-0.05, 0) is 48.1 Å². The van der Waals surface area contributed by atoms with E-state index in [9.17, 15) is 4.79 Å². The van der Waals surface area contributed by atoms with Gasteiger partial charge in [-0.1, -0.05) is 24.3 Å². The molecular weight excluding hydrogens is 280 g/mol. The van der Waals surface area contributed by atoms with E-state index in [2.05, 4.69) is 22.8 Å². The van der Waals surface area contributed by atoms with Gasteiger partial charge in [0.15, 0.2) is 0 Å². The molecule has 0 unspecified atom stereocenters. The zero-order valence-electron chi connectivity index (χ0n) is 11.9. The Morgan fingerprint density at radius 1 is 1.14 bits per heavy atom. The zero-order valence-corrected chi connectivity index (χ0v) is 12.7. The Hall–Kier alpha value is -1.78. The second kappa shape index (κ2) is 6.33. The maximum atomic E-state index is 12.4. The number of benzene rings is 2. The molecule has 0 saturated carbocycles. The van der Waals surface area contributed by atoms with Crippen LogP contribution in [0.3, 0.4) is 0 Å². The van der Waals surface area contributed by atoms with Crippen molar-refractivity contribution < 1.29 is 4.79 Å². The minimum atomic E-state index is -0.167. The summed E-state index contributed by atoms with van der Waals surface area (Å²) in [6.07, 6.45) is 2.78. The fourth-order valence-electron chi connectivity index (χ4n) is 2.54. The number of fused-ring (bicyclic) bond motifs is 1. The predicted octanol–water partition coefficient (Wildman–Crippen LogP) is 3.06. The Bertz CT molecular complexity index is 639. The maximum absolute atomic E-state index is 12.4. The molecule has 0 spiro atoms. The van der Waals surface area contributed by atoms with E-state index >= 15 is 0 Å². The van der Waals surface area contributed by atoms with Crippen LogP contribution in [0.2, 0.25) is 0 Å². The zero-order chi connectivity index (χ0) is 14.7. The van der Waals surface area contributed by atoms with Crippen LogP contribution in [0.15, 0.2) is 53.4 Å². The van der Waals surface area contributed by atoms with Crippen molar-refractivity contribution in [3.8, 4) is 0 Å². The quantitative estimate of drug-likeness (QED) is 0.856. The minimum absolute atomic E-state index is 0.0291. The van der Waals surface area contributed by atoms with Crippen molar-refractivity contribution in [2.75, 3.05) is 11.6 Å². The Balaban J connectivity index is 1.66. The molecule has 1 amide bonds. The first-order valence-electron chi connectivity index (χ1n) is 7.01. The lowest BCUT2D eigenvalue weighted by Gasteiger charge is -2.25. The van der Waals surface area contributed by atoms with Crippen molar-refractivity contribution in [1.29, 1.82) is 0 Å². The highest BCUT2D eigenvalue weighted by Crippen LogP contribution is 2.19. The number of rotatable bonds is 3. The average molecular weight is 298 g/mol. The summed E-state index contributed by atoms with van der Waals surface area (Å²) in [7, 11) is 0. The van der Waals surface area contributed by atoms with Gasteiger partial charge >= 0.3 is 0 Å². The molecule has 108 valence electrons. The molecule has 1 atom stereocenters. The predicted molar refractivity (Wildman–Crippen MR) is 87.6 cm³/mol. The van der Waals surface area contributed by atoms with Gasteiger partial charge < -0.3 is 10.6 Å². The van der Waals surface area contributed by atoms with E-state index in [1.165, 1.54) is 16.0 Å². The standard InChI is InChI=1S/C17H18N2OS/c1-21-15-8-6-14(7-9-15)19-17(20)16-10-12-4-2-3-5-13(12)11-18-16/h2-9,16,18H,10-11H2,1H3,(H,19,20)/t16-/m0/s1. The summed E-state index contributed by atoms with van der Waals surface area (Å²) >= 11 is 1.69. The Labute approximate surface area is 129 Å². The van der Waals surface area contributed by atoms with Crippen molar-refractivity contribution in [3.05, 3.63) is 59.7 Å². The van der Waals surface area contributed by atoms with Crippen LogP contribution < -0.4 is 10.6 Å². The molecule has 1 aliphatic heterocycles. The summed E-state index contributed by atoms with van der Waals surface area (Å²) in [6.45, 7) is 0.750. The molecule has 0 bridgehead atoms. The molecule has 1 aliphatic rings. The van der Waals surface area contributed by atoms with Crippen molar-refractivity contribution in [3.63, 3.8) is 0 Å². The first-order chi connectivity index (χ1) is 10.3. The van der Waals surface area contributed by atoms with Crippen LogP contribution in [0.25, 0.3) is 0 Å². The van der Waals surface area contributed by atoms with Gasteiger partial charge in [-0.3, -0.25) is 4.79 Å². The van der Waals surface area contributed by atoms with Crippen LogP contribution in [0.5, 0.6) is 0 Å². The summed E-state index contributed by atoms with van der Waals surface area (Å²) in [4.78, 5) is 13.5. The molecule has 21 heavy (non-hydrogen) atoms. The molecule has 4 heteroatoms. The van der Waals surface area contributed by atoms with Crippen LogP contribution in [-0.4, -0.2) is 18.2 Å². The molecule has 3 rings (SSSR count). The van der Waals surface area contributed by atoms with E-state index in [1.54, 1.807) is 11.8 Å². The monoisotopic (exact) mass is 298 g/mol. The van der Waals surface area contributed by atoms with Crippen LogP contribution >= 0.6 is 11.8 Å². The maximum Gasteiger partial charge on any atom is 0.241 e. The fraction of sp³-hybridized carbons (Fsp3) is 0.235. The summed E-state index contributed by atoms with van der Waals surface area (Å²) in [5.41, 5.74) is 3.39. The molecular formula is C17H18N2OS. The topological polar surface area (TPSA) is 41.1 Å². The van der Waals surface area contributed by atoms with E-state index in [1.807, 2.05) is 42.7 Å². The third-order valence-electron chi connectivity index (χ3n) is 3.76. The normalized spacial score (nSPS) is 17.1. The van der Waals surface area contributed by atoms with Crippen molar-refractivity contribution in [2.24, 2.45) is 0 Å². The van der Waals surface area contributed by atoms with Gasteiger partial charge in [0.1, 0.15) is 0 Å². The smallest absolute Gasteiger partial charge is 0.241 e. The van der Waals surface area contributed by atoms with Crippen LogP contribution in [0, 0.1) is 0 Å². The molecule has 0 aromatic heterocycles. The van der Waals surface area contributed by atoms with Gasteiger partial charge in [0.25, 0.3) is 0 Å². The van der Waals surface area contributed by atoms with Gasteiger partial charge in [-0.2, -0.15) is 0 Å². The van der Waals surface area contributed by atoms with E-state index in [4.69, 9.17) is 0 Å². The second-order valence-electron chi connectivity index (χ2n) is 5.12. The van der Waals surface area contributed by atoms with Crippen molar-refractivity contribution in [2.45, 2.75) is 23.9 Å². The summed E-state index contributed by atoms with van der Waals surface area (Å²) in [5, 5.41) is 6.28.